The smallest absolute Gasteiger partial charge is 0.414 e. The quantitative estimate of drug-likeness (QED) is 0.199. The van der Waals surface area contributed by atoms with E-state index in [1.165, 1.54) is 12.0 Å². The van der Waals surface area contributed by atoms with Gasteiger partial charge in [-0.15, -0.1) is 0 Å². The van der Waals surface area contributed by atoms with Gasteiger partial charge in [-0.05, 0) is 68.1 Å². The van der Waals surface area contributed by atoms with Gasteiger partial charge in [0.1, 0.15) is 0 Å². The average Bonchev–Trinajstić information content (AvgIpc) is 3.48. The number of nitrogens with zero attached hydrogens (tertiary/aromatic N) is 2. The number of carbonyl (C=O) groups excluding carboxylic acids is 1. The molecule has 2 heterocycles. The lowest BCUT2D eigenvalue weighted by Crippen LogP contribution is -2.57. The summed E-state index contributed by atoms with van der Waals surface area (Å²) in [6.07, 6.45) is 3.88. The van der Waals surface area contributed by atoms with E-state index in [1.807, 2.05) is 4.90 Å². The number of fused-ring (bicyclic) bond motifs is 2. The summed E-state index contributed by atoms with van der Waals surface area (Å²) in [5.41, 5.74) is 0.700. The molecule has 10 heteroatoms. The van der Waals surface area contributed by atoms with Gasteiger partial charge in [0.15, 0.2) is 26.0 Å². The van der Waals surface area contributed by atoms with Crippen LogP contribution in [0.3, 0.4) is 0 Å². The molecular weight excluding hydrogens is 556 g/mol. The lowest BCUT2D eigenvalue weighted by Gasteiger charge is -2.44. The van der Waals surface area contributed by atoms with Crippen LogP contribution in [0, 0.1) is 5.41 Å². The number of rotatable bonds is 9. The van der Waals surface area contributed by atoms with E-state index < -0.39 is 20.6 Å². The van der Waals surface area contributed by atoms with E-state index in [1.54, 1.807) is 12.1 Å². The molecule has 8 nitrogen and oxygen atoms in total. The first-order valence-corrected chi connectivity index (χ1v) is 17.3. The lowest BCUT2D eigenvalue weighted by molar-refractivity contribution is 0.0541. The molecule has 4 rings (SSSR count). The molecule has 1 saturated heterocycles. The molecule has 206 valence electrons. The van der Waals surface area contributed by atoms with E-state index >= 15 is 0 Å². The van der Waals surface area contributed by atoms with Crippen LogP contribution in [-0.4, -0.2) is 68.2 Å². The molecule has 2 fully saturated rings. The molecule has 2 aliphatic heterocycles. The van der Waals surface area contributed by atoms with Gasteiger partial charge < -0.3 is 23.9 Å². The fourth-order valence-corrected chi connectivity index (χ4v) is 6.76. The van der Waals surface area contributed by atoms with Crippen molar-refractivity contribution in [2.45, 2.75) is 89.7 Å². The number of alkyl halides is 1. The fourth-order valence-electron chi connectivity index (χ4n) is 5.15. The first-order valence-electron chi connectivity index (χ1n) is 13.3. The fraction of sp³-hybridized carbons (Fsp3) is 0.704. The van der Waals surface area contributed by atoms with E-state index in [4.69, 9.17) is 13.9 Å². The maximum absolute atomic E-state index is 14.0. The Morgan fingerprint density at radius 1 is 1.19 bits per heavy atom. The first-order chi connectivity index (χ1) is 17.3. The van der Waals surface area contributed by atoms with Crippen LogP contribution >= 0.6 is 15.9 Å². The number of methoxy groups -OCH3 is 1. The topological polar surface area (TPSA) is 88.5 Å². The second-order valence-corrected chi connectivity index (χ2v) is 17.8. The van der Waals surface area contributed by atoms with Crippen molar-refractivity contribution in [2.75, 3.05) is 30.5 Å². The highest BCUT2D eigenvalue weighted by atomic mass is 79.9. The molecule has 2 atom stereocenters. The predicted octanol–water partition coefficient (Wildman–Crippen LogP) is 6.48. The normalized spacial score (nSPS) is 22.5. The van der Waals surface area contributed by atoms with Crippen molar-refractivity contribution in [3.8, 4) is 11.5 Å². The molecule has 1 aromatic rings. The number of unbranched alkanes of at least 4 members (excludes halogenated alkanes) is 2. The molecule has 1 N–H and O–H groups in total. The zero-order valence-corrected chi connectivity index (χ0v) is 25.5. The molecule has 0 aromatic heterocycles. The van der Waals surface area contributed by atoms with Crippen molar-refractivity contribution >= 4 is 41.9 Å². The summed E-state index contributed by atoms with van der Waals surface area (Å²) < 4.78 is 18.5. The van der Waals surface area contributed by atoms with Crippen LogP contribution < -0.4 is 14.4 Å². The number of carbonyl (C=O) groups is 2. The van der Waals surface area contributed by atoms with E-state index in [2.05, 4.69) is 49.8 Å². The largest absolute Gasteiger partial charge is 0.493 e. The van der Waals surface area contributed by atoms with Crippen molar-refractivity contribution < 1.29 is 28.6 Å². The summed E-state index contributed by atoms with van der Waals surface area (Å²) in [6, 6.07) is 2.96. The molecule has 37 heavy (non-hydrogen) atoms. The second-order valence-electron chi connectivity index (χ2n) is 12.2. The summed E-state index contributed by atoms with van der Waals surface area (Å²) in [6.45, 7) is 11.8. The third-order valence-electron chi connectivity index (χ3n) is 8.58. The number of amides is 2. The van der Waals surface area contributed by atoms with Gasteiger partial charge >= 0.3 is 6.09 Å². The molecule has 2 amide bonds. The summed E-state index contributed by atoms with van der Waals surface area (Å²) in [5, 5.41) is 11.4. The Bertz CT molecular complexity index is 1040. The van der Waals surface area contributed by atoms with Gasteiger partial charge in [0.2, 0.25) is 0 Å². The van der Waals surface area contributed by atoms with Gasteiger partial charge in [-0.25, -0.2) is 9.69 Å². The number of halogens is 1. The van der Waals surface area contributed by atoms with Crippen LogP contribution in [0.2, 0.25) is 18.1 Å². The van der Waals surface area contributed by atoms with E-state index in [0.29, 0.717) is 35.9 Å². The standard InChI is InChI=1S/C27H41BrN2O6Si/c1-26(2,3)37(5,6)36-24-20-16-27(10-11-27)17-29(20)23(31)18-14-21(34-4)22(35-13-9-7-8-12-28)15-19(18)30(24)25(32)33/h14-15,20,24H,7-13,16-17H2,1-6H3,(H,32,33)/t20-,24?/m0/s1. The minimum atomic E-state index is -2.40. The SMILES string of the molecule is COc1cc2c(cc1OCCCCCBr)N(C(=O)O)C(O[Si](C)(C)C(C)(C)C)[C@@H]1CC3(CC3)CN1C2=O. The van der Waals surface area contributed by atoms with Gasteiger partial charge in [-0.3, -0.25) is 4.79 Å². The summed E-state index contributed by atoms with van der Waals surface area (Å²) in [4.78, 5) is 30.1. The maximum Gasteiger partial charge on any atom is 0.414 e. The molecule has 0 radical (unpaired) electrons. The maximum atomic E-state index is 14.0. The summed E-state index contributed by atoms with van der Waals surface area (Å²) in [5.74, 6) is 0.697. The number of hydrogen-bond donors (Lipinski definition) is 1. The zero-order chi connectivity index (χ0) is 27.2. The first kappa shape index (κ1) is 28.2. The van der Waals surface area contributed by atoms with Crippen LogP contribution in [0.5, 0.6) is 11.5 Å². The Hall–Kier alpha value is -1.78. The van der Waals surface area contributed by atoms with Crippen LogP contribution in [0.15, 0.2) is 12.1 Å². The molecule has 3 aliphatic rings. The number of anilines is 1. The highest BCUT2D eigenvalue weighted by molar-refractivity contribution is 9.09. The third-order valence-corrected chi connectivity index (χ3v) is 13.6. The molecule has 1 unspecified atom stereocenters. The lowest BCUT2D eigenvalue weighted by atomic mass is 10.0. The Balaban J connectivity index is 1.79. The molecule has 1 aromatic carbocycles. The van der Waals surface area contributed by atoms with Crippen molar-refractivity contribution in [1.82, 2.24) is 4.90 Å². The Labute approximate surface area is 229 Å². The minimum Gasteiger partial charge on any atom is -0.493 e. The Morgan fingerprint density at radius 3 is 2.46 bits per heavy atom. The van der Waals surface area contributed by atoms with E-state index in [0.717, 1.165) is 43.9 Å². The van der Waals surface area contributed by atoms with Gasteiger partial charge in [0.05, 0.1) is 31.0 Å². The Kier molecular flexibility index (Phi) is 7.94. The summed E-state index contributed by atoms with van der Waals surface area (Å²) in [7, 11) is -0.861. The van der Waals surface area contributed by atoms with Crippen LogP contribution in [0.4, 0.5) is 10.5 Å². The molecule has 1 aliphatic carbocycles. The van der Waals surface area contributed by atoms with E-state index in [9.17, 15) is 14.7 Å². The predicted molar refractivity (Wildman–Crippen MR) is 150 cm³/mol. The molecule has 1 saturated carbocycles. The molecular formula is C27H41BrN2O6Si. The van der Waals surface area contributed by atoms with Gasteiger partial charge in [0.25, 0.3) is 5.91 Å². The van der Waals surface area contributed by atoms with Crippen molar-refractivity contribution in [3.05, 3.63) is 17.7 Å². The number of benzene rings is 1. The van der Waals surface area contributed by atoms with Crippen molar-refractivity contribution in [2.24, 2.45) is 5.41 Å². The molecule has 1 spiro atoms. The van der Waals surface area contributed by atoms with E-state index in [-0.39, 0.29) is 22.4 Å². The van der Waals surface area contributed by atoms with Gasteiger partial charge in [0, 0.05) is 17.9 Å². The van der Waals surface area contributed by atoms with Gasteiger partial charge in [-0.1, -0.05) is 36.7 Å². The third kappa shape index (κ3) is 5.52. The average molecular weight is 598 g/mol. The van der Waals surface area contributed by atoms with Crippen LogP contribution in [0.1, 0.15) is 69.7 Å². The van der Waals surface area contributed by atoms with Gasteiger partial charge in [-0.2, -0.15) is 0 Å². The summed E-state index contributed by atoms with van der Waals surface area (Å²) >= 11 is 3.45. The number of ether oxygens (including phenoxy) is 2. The van der Waals surface area contributed by atoms with Crippen molar-refractivity contribution in [1.29, 1.82) is 0 Å². The van der Waals surface area contributed by atoms with Crippen LogP contribution in [-0.2, 0) is 4.43 Å². The van der Waals surface area contributed by atoms with Crippen molar-refractivity contribution in [3.63, 3.8) is 0 Å². The minimum absolute atomic E-state index is 0.0827. The second kappa shape index (κ2) is 10.4. The monoisotopic (exact) mass is 596 g/mol. The highest BCUT2D eigenvalue weighted by Crippen LogP contribution is 2.57. The number of carboxylic acid groups (broad SMARTS) is 1. The molecule has 0 bridgehead atoms. The van der Waals surface area contributed by atoms with Crippen LogP contribution in [0.25, 0.3) is 0 Å². The zero-order valence-electron chi connectivity index (χ0n) is 22.9. The number of hydrogen-bond acceptors (Lipinski definition) is 5. The Morgan fingerprint density at radius 2 is 1.89 bits per heavy atom. The highest BCUT2D eigenvalue weighted by Gasteiger charge is 2.59.